The van der Waals surface area contributed by atoms with Crippen LogP contribution in [0.1, 0.15) is 30.9 Å². The van der Waals surface area contributed by atoms with Crippen molar-refractivity contribution in [2.45, 2.75) is 25.3 Å². The van der Waals surface area contributed by atoms with E-state index in [4.69, 9.17) is 0 Å². The fourth-order valence-corrected chi connectivity index (χ4v) is 2.22. The van der Waals surface area contributed by atoms with Crippen molar-refractivity contribution in [3.05, 3.63) is 35.9 Å². The van der Waals surface area contributed by atoms with Gasteiger partial charge in [-0.25, -0.2) is 0 Å². The van der Waals surface area contributed by atoms with Gasteiger partial charge in [0.1, 0.15) is 0 Å². The molecule has 1 atom stereocenters. The van der Waals surface area contributed by atoms with Gasteiger partial charge >= 0.3 is 0 Å². The van der Waals surface area contributed by atoms with Crippen molar-refractivity contribution in [1.29, 1.82) is 0 Å². The molecule has 86 valence electrons. The molecule has 1 heterocycles. The molecule has 0 spiro atoms. The molecular formula is C13H17NO2. The van der Waals surface area contributed by atoms with E-state index in [1.165, 1.54) is 0 Å². The smallest absolute Gasteiger partial charge is 0.223 e. The summed E-state index contributed by atoms with van der Waals surface area (Å²) in [6.45, 7) is 0.759. The molecule has 1 aromatic carbocycles. The van der Waals surface area contributed by atoms with Crippen molar-refractivity contribution >= 4 is 5.91 Å². The van der Waals surface area contributed by atoms with Gasteiger partial charge in [-0.15, -0.1) is 0 Å². The fraction of sp³-hybridized carbons (Fsp3) is 0.462. The van der Waals surface area contributed by atoms with E-state index in [0.29, 0.717) is 6.42 Å². The predicted octanol–water partition coefficient (Wildman–Crippen LogP) is 1.73. The molecular weight excluding hydrogens is 202 g/mol. The quantitative estimate of drug-likeness (QED) is 0.841. The van der Waals surface area contributed by atoms with Gasteiger partial charge in [0, 0.05) is 13.0 Å². The average Bonchev–Trinajstić information content (AvgIpc) is 2.34. The van der Waals surface area contributed by atoms with Crippen LogP contribution in [0.5, 0.6) is 0 Å². The van der Waals surface area contributed by atoms with Gasteiger partial charge in [-0.05, 0) is 18.4 Å². The second-order valence-electron chi connectivity index (χ2n) is 4.15. The van der Waals surface area contributed by atoms with Gasteiger partial charge in [-0.3, -0.25) is 4.79 Å². The zero-order chi connectivity index (χ0) is 11.4. The Morgan fingerprint density at radius 3 is 2.62 bits per heavy atom. The highest BCUT2D eigenvalue weighted by atomic mass is 16.3. The Morgan fingerprint density at radius 2 is 2.00 bits per heavy atom. The topological polar surface area (TPSA) is 40.5 Å². The number of rotatable bonds is 3. The van der Waals surface area contributed by atoms with E-state index in [1.54, 1.807) is 4.90 Å². The van der Waals surface area contributed by atoms with Crippen molar-refractivity contribution in [3.8, 4) is 0 Å². The third-order valence-corrected chi connectivity index (χ3v) is 3.09. The number of hydrogen-bond donors (Lipinski definition) is 1. The molecule has 3 heteroatoms. The molecule has 1 amide bonds. The normalized spacial score (nSPS) is 18.6. The summed E-state index contributed by atoms with van der Waals surface area (Å²) < 4.78 is 0. The number of benzene rings is 1. The zero-order valence-corrected chi connectivity index (χ0v) is 9.30. The van der Waals surface area contributed by atoms with E-state index in [-0.39, 0.29) is 18.6 Å². The monoisotopic (exact) mass is 219 g/mol. The second-order valence-corrected chi connectivity index (χ2v) is 4.15. The van der Waals surface area contributed by atoms with E-state index < -0.39 is 0 Å². The zero-order valence-electron chi connectivity index (χ0n) is 9.30. The molecule has 0 unspecified atom stereocenters. The van der Waals surface area contributed by atoms with Crippen molar-refractivity contribution in [1.82, 2.24) is 4.90 Å². The number of aliphatic hydroxyl groups excluding tert-OH is 1. The number of hydrogen-bond acceptors (Lipinski definition) is 2. The highest BCUT2D eigenvalue weighted by Gasteiger charge is 2.26. The molecule has 1 aliphatic heterocycles. The molecule has 16 heavy (non-hydrogen) atoms. The number of aliphatic hydroxyl groups is 1. The van der Waals surface area contributed by atoms with Crippen molar-refractivity contribution < 1.29 is 9.90 Å². The molecule has 3 nitrogen and oxygen atoms in total. The lowest BCUT2D eigenvalue weighted by Gasteiger charge is -2.33. The molecule has 2 rings (SSSR count). The first-order valence-electron chi connectivity index (χ1n) is 5.78. The summed E-state index contributed by atoms with van der Waals surface area (Å²) >= 11 is 0. The van der Waals surface area contributed by atoms with Gasteiger partial charge in [0.2, 0.25) is 5.91 Å². The van der Waals surface area contributed by atoms with Crippen LogP contribution in [-0.2, 0) is 4.79 Å². The number of carbonyl (C=O) groups is 1. The van der Waals surface area contributed by atoms with Crippen LogP contribution < -0.4 is 0 Å². The summed E-state index contributed by atoms with van der Waals surface area (Å²) in [6.07, 6.45) is 2.63. The molecule has 1 aliphatic rings. The molecule has 0 aromatic heterocycles. The molecule has 1 saturated heterocycles. The summed E-state index contributed by atoms with van der Waals surface area (Å²) in [5, 5.41) is 9.46. The Labute approximate surface area is 95.7 Å². The summed E-state index contributed by atoms with van der Waals surface area (Å²) in [7, 11) is 0. The van der Waals surface area contributed by atoms with E-state index >= 15 is 0 Å². The molecule has 1 aromatic rings. The van der Waals surface area contributed by atoms with Crippen molar-refractivity contribution in [3.63, 3.8) is 0 Å². The minimum absolute atomic E-state index is 0.00421. The minimum Gasteiger partial charge on any atom is -0.394 e. The van der Waals surface area contributed by atoms with Crippen LogP contribution in [-0.4, -0.2) is 29.1 Å². The maximum Gasteiger partial charge on any atom is 0.223 e. The Morgan fingerprint density at radius 1 is 1.25 bits per heavy atom. The summed E-state index contributed by atoms with van der Waals surface area (Å²) in [6, 6.07) is 9.56. The highest BCUT2D eigenvalue weighted by Crippen LogP contribution is 2.24. The Balaban J connectivity index is 2.18. The number of likely N-dealkylation sites (tertiary alicyclic amines) is 1. The number of carbonyl (C=O) groups excluding carboxylic acids is 1. The fourth-order valence-electron chi connectivity index (χ4n) is 2.22. The van der Waals surface area contributed by atoms with E-state index in [0.717, 1.165) is 24.9 Å². The minimum atomic E-state index is -0.172. The first-order valence-corrected chi connectivity index (χ1v) is 5.78. The molecule has 0 bridgehead atoms. The lowest BCUT2D eigenvalue weighted by molar-refractivity contribution is -0.137. The molecule has 0 saturated carbocycles. The van der Waals surface area contributed by atoms with Crippen LogP contribution in [0.25, 0.3) is 0 Å². The second kappa shape index (κ2) is 5.12. The summed E-state index contributed by atoms with van der Waals surface area (Å²) in [4.78, 5) is 13.6. The largest absolute Gasteiger partial charge is 0.394 e. The lowest BCUT2D eigenvalue weighted by atomic mass is 10.0. The van der Waals surface area contributed by atoms with Gasteiger partial charge in [0.15, 0.2) is 0 Å². The van der Waals surface area contributed by atoms with Gasteiger partial charge in [-0.1, -0.05) is 30.3 Å². The van der Waals surface area contributed by atoms with Crippen LogP contribution in [0.15, 0.2) is 30.3 Å². The number of piperidine rings is 1. The maximum atomic E-state index is 11.8. The van der Waals surface area contributed by atoms with Crippen LogP contribution in [0.3, 0.4) is 0 Å². The van der Waals surface area contributed by atoms with Crippen LogP contribution in [0.2, 0.25) is 0 Å². The maximum absolute atomic E-state index is 11.8. The number of nitrogens with zero attached hydrogens (tertiary/aromatic N) is 1. The third-order valence-electron chi connectivity index (χ3n) is 3.09. The lowest BCUT2D eigenvalue weighted by Crippen LogP contribution is -2.39. The summed E-state index contributed by atoms with van der Waals surface area (Å²) in [5.74, 6) is 0.161. The van der Waals surface area contributed by atoms with Crippen LogP contribution in [0.4, 0.5) is 0 Å². The highest BCUT2D eigenvalue weighted by molar-refractivity contribution is 5.77. The van der Waals surface area contributed by atoms with E-state index in [1.807, 2.05) is 30.3 Å². The SMILES string of the molecule is O=C1CCCCN1[C@H](CO)c1ccccc1. The Kier molecular flexibility index (Phi) is 3.57. The van der Waals surface area contributed by atoms with E-state index in [2.05, 4.69) is 0 Å². The Hall–Kier alpha value is -1.35. The van der Waals surface area contributed by atoms with Crippen LogP contribution in [0, 0.1) is 0 Å². The van der Waals surface area contributed by atoms with Crippen molar-refractivity contribution in [2.75, 3.05) is 13.2 Å². The van der Waals surface area contributed by atoms with Gasteiger partial charge in [0.25, 0.3) is 0 Å². The van der Waals surface area contributed by atoms with Crippen molar-refractivity contribution in [2.24, 2.45) is 0 Å². The molecule has 1 fully saturated rings. The van der Waals surface area contributed by atoms with Gasteiger partial charge < -0.3 is 10.0 Å². The van der Waals surface area contributed by atoms with Crippen LogP contribution >= 0.6 is 0 Å². The average molecular weight is 219 g/mol. The standard InChI is InChI=1S/C13H17NO2/c15-10-12(11-6-2-1-3-7-11)14-9-5-4-8-13(14)16/h1-3,6-7,12,15H,4-5,8-10H2/t12-/m1/s1. The number of amides is 1. The van der Waals surface area contributed by atoms with E-state index in [9.17, 15) is 9.90 Å². The first kappa shape index (κ1) is 11.1. The third kappa shape index (κ3) is 2.25. The Bertz CT molecular complexity index is 350. The van der Waals surface area contributed by atoms with Gasteiger partial charge in [0.05, 0.1) is 12.6 Å². The predicted molar refractivity (Wildman–Crippen MR) is 61.8 cm³/mol. The molecule has 0 aliphatic carbocycles. The molecule has 0 radical (unpaired) electrons. The molecule has 1 N–H and O–H groups in total. The summed E-state index contributed by atoms with van der Waals surface area (Å²) in [5.41, 5.74) is 1.01. The van der Waals surface area contributed by atoms with Gasteiger partial charge in [-0.2, -0.15) is 0 Å². The first-order chi connectivity index (χ1) is 7.83.